The minimum Gasteiger partial charge on any atom is -0.462 e. The van der Waals surface area contributed by atoms with Gasteiger partial charge in [0.2, 0.25) is 0 Å². The lowest BCUT2D eigenvalue weighted by Crippen LogP contribution is -2.30. The van der Waals surface area contributed by atoms with Crippen molar-refractivity contribution in [1.82, 2.24) is 0 Å². The average molecular weight is 893 g/mol. The molecule has 1 unspecified atom stereocenters. The normalized spacial score (nSPS) is 12.6. The first kappa shape index (κ1) is 60.9. The quantitative estimate of drug-likeness (QED) is 0.0262. The van der Waals surface area contributed by atoms with Gasteiger partial charge in [-0.3, -0.25) is 14.4 Å². The minimum atomic E-state index is -0.781. The van der Waals surface area contributed by atoms with Crippen LogP contribution in [0.15, 0.2) is 72.9 Å². The summed E-state index contributed by atoms with van der Waals surface area (Å²) in [6.07, 6.45) is 66.3. The molecule has 0 saturated carbocycles. The molecule has 0 aromatic rings. The van der Waals surface area contributed by atoms with Crippen molar-refractivity contribution in [3.05, 3.63) is 72.9 Å². The first-order chi connectivity index (χ1) is 31.5. The van der Waals surface area contributed by atoms with Crippen LogP contribution >= 0.6 is 0 Å². The molecule has 6 nitrogen and oxygen atoms in total. The molecular formula is C58H100O6. The van der Waals surface area contributed by atoms with Crippen molar-refractivity contribution < 1.29 is 28.6 Å². The summed E-state index contributed by atoms with van der Waals surface area (Å²) in [5.74, 6) is -0.907. The van der Waals surface area contributed by atoms with E-state index in [4.69, 9.17) is 14.2 Å². The third kappa shape index (κ3) is 49.9. The Morgan fingerprint density at radius 1 is 0.328 bits per heavy atom. The topological polar surface area (TPSA) is 78.9 Å². The molecule has 64 heavy (non-hydrogen) atoms. The summed E-state index contributed by atoms with van der Waals surface area (Å²) in [7, 11) is 0. The van der Waals surface area contributed by atoms with Crippen LogP contribution < -0.4 is 0 Å². The fraction of sp³-hybridized carbons (Fsp3) is 0.741. The number of hydrogen-bond donors (Lipinski definition) is 0. The van der Waals surface area contributed by atoms with Gasteiger partial charge in [0.1, 0.15) is 13.2 Å². The van der Waals surface area contributed by atoms with Crippen LogP contribution in [-0.4, -0.2) is 37.2 Å². The maximum absolute atomic E-state index is 12.8. The second-order valence-corrected chi connectivity index (χ2v) is 17.8. The zero-order valence-electron chi connectivity index (χ0n) is 42.0. The molecule has 0 amide bonds. The van der Waals surface area contributed by atoms with Crippen LogP contribution in [0.25, 0.3) is 0 Å². The van der Waals surface area contributed by atoms with Crippen LogP contribution in [0, 0.1) is 0 Å². The van der Waals surface area contributed by atoms with Crippen molar-refractivity contribution in [2.45, 2.75) is 264 Å². The van der Waals surface area contributed by atoms with Crippen molar-refractivity contribution in [3.63, 3.8) is 0 Å². The largest absolute Gasteiger partial charge is 0.462 e. The van der Waals surface area contributed by atoms with E-state index in [9.17, 15) is 14.4 Å². The molecule has 0 aliphatic carbocycles. The summed E-state index contributed by atoms with van der Waals surface area (Å²) >= 11 is 0. The van der Waals surface area contributed by atoms with Crippen LogP contribution in [0.5, 0.6) is 0 Å². The van der Waals surface area contributed by atoms with E-state index >= 15 is 0 Å². The Kier molecular flexibility index (Phi) is 49.9. The highest BCUT2D eigenvalue weighted by molar-refractivity contribution is 5.71. The number of allylic oxidation sites excluding steroid dienone is 12. The zero-order valence-corrected chi connectivity index (χ0v) is 42.0. The van der Waals surface area contributed by atoms with Gasteiger partial charge in [-0.15, -0.1) is 0 Å². The Bertz CT molecular complexity index is 1210. The van der Waals surface area contributed by atoms with Crippen molar-refractivity contribution in [1.29, 1.82) is 0 Å². The highest BCUT2D eigenvalue weighted by Gasteiger charge is 2.19. The van der Waals surface area contributed by atoms with E-state index in [-0.39, 0.29) is 31.1 Å². The van der Waals surface area contributed by atoms with Crippen LogP contribution in [0.3, 0.4) is 0 Å². The van der Waals surface area contributed by atoms with E-state index in [0.717, 1.165) is 103 Å². The predicted octanol–water partition coefficient (Wildman–Crippen LogP) is 17.8. The van der Waals surface area contributed by atoms with E-state index in [1.54, 1.807) is 0 Å². The zero-order chi connectivity index (χ0) is 46.5. The van der Waals surface area contributed by atoms with Gasteiger partial charge in [0.05, 0.1) is 0 Å². The average Bonchev–Trinajstić information content (AvgIpc) is 3.29. The van der Waals surface area contributed by atoms with Gasteiger partial charge in [0.25, 0.3) is 0 Å². The maximum Gasteiger partial charge on any atom is 0.306 e. The minimum absolute atomic E-state index is 0.0827. The first-order valence-corrected chi connectivity index (χ1v) is 26.9. The molecule has 6 heteroatoms. The van der Waals surface area contributed by atoms with Gasteiger partial charge < -0.3 is 14.2 Å². The number of carbonyl (C=O) groups is 3. The van der Waals surface area contributed by atoms with E-state index in [1.165, 1.54) is 116 Å². The maximum atomic E-state index is 12.8. The number of esters is 3. The molecule has 0 aromatic heterocycles. The molecule has 0 saturated heterocycles. The van der Waals surface area contributed by atoms with Crippen molar-refractivity contribution in [2.24, 2.45) is 0 Å². The predicted molar refractivity (Wildman–Crippen MR) is 274 cm³/mol. The molecule has 1 atom stereocenters. The van der Waals surface area contributed by atoms with Gasteiger partial charge >= 0.3 is 17.9 Å². The molecule has 0 N–H and O–H groups in total. The molecule has 0 spiro atoms. The smallest absolute Gasteiger partial charge is 0.306 e. The molecule has 0 aliphatic heterocycles. The Morgan fingerprint density at radius 3 is 0.953 bits per heavy atom. The van der Waals surface area contributed by atoms with Crippen LogP contribution in [-0.2, 0) is 28.6 Å². The van der Waals surface area contributed by atoms with E-state index in [1.807, 2.05) is 0 Å². The van der Waals surface area contributed by atoms with Crippen LogP contribution in [0.2, 0.25) is 0 Å². The van der Waals surface area contributed by atoms with Crippen molar-refractivity contribution in [3.8, 4) is 0 Å². The fourth-order valence-corrected chi connectivity index (χ4v) is 7.40. The molecule has 0 fully saturated rings. The molecule has 0 aliphatic rings. The van der Waals surface area contributed by atoms with Crippen LogP contribution in [0.1, 0.15) is 258 Å². The second kappa shape index (κ2) is 52.5. The van der Waals surface area contributed by atoms with Gasteiger partial charge in [0, 0.05) is 19.3 Å². The Labute approximate surface area is 395 Å². The summed E-state index contributed by atoms with van der Waals surface area (Å²) in [4.78, 5) is 37.8. The number of unbranched alkanes of at least 4 members (excludes halogenated alkanes) is 25. The summed E-state index contributed by atoms with van der Waals surface area (Å²) in [5.41, 5.74) is 0. The summed E-state index contributed by atoms with van der Waals surface area (Å²) < 4.78 is 16.7. The third-order valence-corrected chi connectivity index (χ3v) is 11.4. The highest BCUT2D eigenvalue weighted by atomic mass is 16.6. The van der Waals surface area contributed by atoms with Gasteiger partial charge in [-0.1, -0.05) is 222 Å². The number of carbonyl (C=O) groups excluding carboxylic acids is 3. The molecule has 0 radical (unpaired) electrons. The third-order valence-electron chi connectivity index (χ3n) is 11.4. The standard InChI is InChI=1S/C58H100O6/c1-4-7-10-13-16-18-20-22-24-26-28-29-31-32-34-36-38-40-42-45-48-51-57(60)63-54-55(53-62-56(59)50-47-44-15-12-9-6-3)64-58(61)52-49-46-43-41-39-37-35-33-30-27-25-23-21-19-17-14-11-8-5-2/h8,11,17,19-20,22-23,25-26,28,30,33,55H,4-7,9-10,12-16,18,21,24,27,29,31-32,34-54H2,1-3H3/b11-8-,19-17-,22-20-,25-23-,28-26-,33-30-. The molecule has 0 aromatic carbocycles. The Hall–Kier alpha value is -3.15. The molecule has 368 valence electrons. The van der Waals surface area contributed by atoms with Crippen molar-refractivity contribution >= 4 is 17.9 Å². The number of ether oxygens (including phenoxy) is 3. The number of rotatable bonds is 48. The van der Waals surface area contributed by atoms with E-state index in [0.29, 0.717) is 19.3 Å². The SMILES string of the molecule is CC/C=C\C/C=C\C/C=C\C/C=C\CCCCCCCCC(=O)OC(COC(=O)CCCCCCCC)COC(=O)CCCCCCCCCCC/C=C\C/C=C\CCCCCCC. The summed E-state index contributed by atoms with van der Waals surface area (Å²) in [6, 6.07) is 0. The second-order valence-electron chi connectivity index (χ2n) is 17.8. The van der Waals surface area contributed by atoms with Gasteiger partial charge in [-0.05, 0) is 89.9 Å². The van der Waals surface area contributed by atoms with Gasteiger partial charge in [0.15, 0.2) is 6.10 Å². The highest BCUT2D eigenvalue weighted by Crippen LogP contribution is 2.14. The van der Waals surface area contributed by atoms with Crippen LogP contribution in [0.4, 0.5) is 0 Å². The monoisotopic (exact) mass is 893 g/mol. The molecule has 0 rings (SSSR count). The van der Waals surface area contributed by atoms with Gasteiger partial charge in [-0.25, -0.2) is 0 Å². The Morgan fingerprint density at radius 2 is 0.609 bits per heavy atom. The summed E-state index contributed by atoms with van der Waals surface area (Å²) in [6.45, 7) is 6.45. The fourth-order valence-electron chi connectivity index (χ4n) is 7.40. The first-order valence-electron chi connectivity index (χ1n) is 26.9. The Balaban J connectivity index is 4.22. The van der Waals surface area contributed by atoms with E-state index < -0.39 is 6.10 Å². The van der Waals surface area contributed by atoms with Crippen molar-refractivity contribution in [2.75, 3.05) is 13.2 Å². The molecule has 0 heterocycles. The van der Waals surface area contributed by atoms with Gasteiger partial charge in [-0.2, -0.15) is 0 Å². The summed E-state index contributed by atoms with van der Waals surface area (Å²) in [5, 5.41) is 0. The lowest BCUT2D eigenvalue weighted by molar-refractivity contribution is -0.167. The lowest BCUT2D eigenvalue weighted by Gasteiger charge is -2.18. The molecule has 0 bridgehead atoms. The number of hydrogen-bond acceptors (Lipinski definition) is 6. The van der Waals surface area contributed by atoms with E-state index in [2.05, 4.69) is 93.7 Å². The lowest BCUT2D eigenvalue weighted by atomic mass is 10.1. The molecular weight excluding hydrogens is 793 g/mol.